The van der Waals surface area contributed by atoms with Crippen molar-refractivity contribution in [3.8, 4) is 5.75 Å². The highest BCUT2D eigenvalue weighted by molar-refractivity contribution is 5.45. The molecule has 2 aliphatic rings. The number of ether oxygens (including phenoxy) is 1. The van der Waals surface area contributed by atoms with Crippen LogP contribution in [0.15, 0.2) is 18.2 Å². The van der Waals surface area contributed by atoms with Crippen LogP contribution in [-0.2, 0) is 5.41 Å². The molecule has 0 amide bonds. The van der Waals surface area contributed by atoms with Gasteiger partial charge in [0.2, 0.25) is 0 Å². The average Bonchev–Trinajstić information content (AvgIpc) is 3.17. The predicted molar refractivity (Wildman–Crippen MR) is 83.4 cm³/mol. The zero-order chi connectivity index (χ0) is 14.4. The molecule has 0 radical (unpaired) electrons. The Morgan fingerprint density at radius 1 is 1.25 bits per heavy atom. The smallest absolute Gasteiger partial charge is 0.122 e. The van der Waals surface area contributed by atoms with Gasteiger partial charge in [-0.1, -0.05) is 31.5 Å². The summed E-state index contributed by atoms with van der Waals surface area (Å²) in [5, 5.41) is 3.75. The van der Waals surface area contributed by atoms with Crippen LogP contribution in [0.1, 0.15) is 50.7 Å². The Labute approximate surface area is 122 Å². The first kappa shape index (κ1) is 13.9. The molecule has 110 valence electrons. The highest BCUT2D eigenvalue weighted by Crippen LogP contribution is 2.57. The number of benzene rings is 1. The molecule has 2 fully saturated rings. The molecular formula is C18H27NO. The molecular weight excluding hydrogens is 246 g/mol. The highest BCUT2D eigenvalue weighted by atomic mass is 16.5. The summed E-state index contributed by atoms with van der Waals surface area (Å²) in [5.41, 5.74) is 3.47. The van der Waals surface area contributed by atoms with Crippen LogP contribution in [0.3, 0.4) is 0 Å². The van der Waals surface area contributed by atoms with Crippen molar-refractivity contribution in [1.82, 2.24) is 5.32 Å². The summed E-state index contributed by atoms with van der Waals surface area (Å²) >= 11 is 0. The minimum atomic E-state index is 0.267. The zero-order valence-corrected chi connectivity index (χ0v) is 13.3. The Balaban J connectivity index is 1.90. The van der Waals surface area contributed by atoms with Crippen LogP contribution in [0.5, 0.6) is 5.75 Å². The molecule has 1 aromatic rings. The first-order valence-electron chi connectivity index (χ1n) is 7.83. The van der Waals surface area contributed by atoms with Gasteiger partial charge in [-0.15, -0.1) is 0 Å². The van der Waals surface area contributed by atoms with E-state index < -0.39 is 0 Å². The van der Waals surface area contributed by atoms with Gasteiger partial charge in [0.15, 0.2) is 0 Å². The van der Waals surface area contributed by atoms with E-state index in [1.807, 2.05) is 0 Å². The summed E-state index contributed by atoms with van der Waals surface area (Å²) in [5.74, 6) is 1.06. The molecule has 2 heteroatoms. The van der Waals surface area contributed by atoms with Crippen LogP contribution in [0.25, 0.3) is 0 Å². The summed E-state index contributed by atoms with van der Waals surface area (Å²) in [6.45, 7) is 8.03. The van der Waals surface area contributed by atoms with Crippen molar-refractivity contribution in [2.24, 2.45) is 5.41 Å². The van der Waals surface area contributed by atoms with E-state index in [9.17, 15) is 0 Å². The molecule has 20 heavy (non-hydrogen) atoms. The van der Waals surface area contributed by atoms with Crippen molar-refractivity contribution < 1.29 is 4.74 Å². The van der Waals surface area contributed by atoms with Gasteiger partial charge in [-0.3, -0.25) is 0 Å². The Bertz CT molecular complexity index is 494. The first-order chi connectivity index (χ1) is 9.44. The Hall–Kier alpha value is -1.02. The normalized spacial score (nSPS) is 23.2. The standard InChI is InChI=1S/C18H27NO/c1-13-5-8-16(20-4)15(9-13)18(10-17(2,3)11-18)12-19-14-6-7-14/h5,8-9,14,19H,6-7,10-12H2,1-4H3. The summed E-state index contributed by atoms with van der Waals surface area (Å²) in [7, 11) is 1.79. The third-order valence-electron chi connectivity index (χ3n) is 4.87. The highest BCUT2D eigenvalue weighted by Gasteiger charge is 2.51. The number of rotatable bonds is 5. The van der Waals surface area contributed by atoms with Crippen molar-refractivity contribution in [2.75, 3.05) is 13.7 Å². The molecule has 0 atom stereocenters. The lowest BCUT2D eigenvalue weighted by Crippen LogP contribution is -2.53. The number of hydrogen-bond acceptors (Lipinski definition) is 2. The molecule has 0 spiro atoms. The van der Waals surface area contributed by atoms with Crippen LogP contribution >= 0.6 is 0 Å². The molecule has 2 nitrogen and oxygen atoms in total. The lowest BCUT2D eigenvalue weighted by molar-refractivity contribution is 0.0540. The number of methoxy groups -OCH3 is 1. The summed E-state index contributed by atoms with van der Waals surface area (Å²) in [6.07, 6.45) is 5.20. The Kier molecular flexibility index (Phi) is 3.32. The molecule has 0 aromatic heterocycles. The fraction of sp³-hybridized carbons (Fsp3) is 0.667. The molecule has 2 saturated carbocycles. The van der Waals surface area contributed by atoms with E-state index in [-0.39, 0.29) is 5.41 Å². The van der Waals surface area contributed by atoms with Gasteiger partial charge in [-0.25, -0.2) is 0 Å². The number of aryl methyl sites for hydroxylation is 1. The van der Waals surface area contributed by atoms with E-state index in [1.165, 1.54) is 36.8 Å². The van der Waals surface area contributed by atoms with Crippen molar-refractivity contribution in [1.29, 1.82) is 0 Å². The van der Waals surface area contributed by atoms with E-state index >= 15 is 0 Å². The minimum Gasteiger partial charge on any atom is -0.496 e. The molecule has 2 aliphatic carbocycles. The summed E-state index contributed by atoms with van der Waals surface area (Å²) in [6, 6.07) is 7.39. The molecule has 0 unspecified atom stereocenters. The van der Waals surface area contributed by atoms with Crippen molar-refractivity contribution >= 4 is 0 Å². The fourth-order valence-electron chi connectivity index (χ4n) is 4.05. The number of hydrogen-bond donors (Lipinski definition) is 1. The summed E-state index contributed by atoms with van der Waals surface area (Å²) in [4.78, 5) is 0. The van der Waals surface area contributed by atoms with Gasteiger partial charge in [-0.05, 0) is 44.1 Å². The van der Waals surface area contributed by atoms with E-state index in [2.05, 4.69) is 44.3 Å². The van der Waals surface area contributed by atoms with Crippen LogP contribution in [0.4, 0.5) is 0 Å². The van der Waals surface area contributed by atoms with E-state index in [4.69, 9.17) is 4.74 Å². The first-order valence-corrected chi connectivity index (χ1v) is 7.83. The SMILES string of the molecule is COc1ccc(C)cc1C1(CNC2CC2)CC(C)(C)C1. The lowest BCUT2D eigenvalue weighted by Gasteiger charge is -2.54. The second kappa shape index (κ2) is 4.77. The van der Waals surface area contributed by atoms with Gasteiger partial charge in [0.05, 0.1) is 7.11 Å². The average molecular weight is 273 g/mol. The maximum atomic E-state index is 5.65. The van der Waals surface area contributed by atoms with Gasteiger partial charge in [0.25, 0.3) is 0 Å². The van der Waals surface area contributed by atoms with E-state index in [1.54, 1.807) is 7.11 Å². The second-order valence-electron chi connectivity index (χ2n) is 7.66. The van der Waals surface area contributed by atoms with Crippen LogP contribution in [0.2, 0.25) is 0 Å². The molecule has 0 aliphatic heterocycles. The topological polar surface area (TPSA) is 21.3 Å². The molecule has 0 heterocycles. The zero-order valence-electron chi connectivity index (χ0n) is 13.3. The van der Waals surface area contributed by atoms with E-state index in [0.717, 1.165) is 18.3 Å². The maximum Gasteiger partial charge on any atom is 0.122 e. The molecule has 3 rings (SSSR count). The molecule has 1 aromatic carbocycles. The monoisotopic (exact) mass is 273 g/mol. The largest absolute Gasteiger partial charge is 0.496 e. The maximum absolute atomic E-state index is 5.65. The lowest BCUT2D eigenvalue weighted by atomic mass is 9.51. The van der Waals surface area contributed by atoms with Gasteiger partial charge in [0, 0.05) is 23.6 Å². The van der Waals surface area contributed by atoms with Gasteiger partial charge >= 0.3 is 0 Å². The van der Waals surface area contributed by atoms with Gasteiger partial charge in [-0.2, -0.15) is 0 Å². The Morgan fingerprint density at radius 2 is 1.95 bits per heavy atom. The summed E-state index contributed by atoms with van der Waals surface area (Å²) < 4.78 is 5.65. The fourth-order valence-corrected chi connectivity index (χ4v) is 4.05. The van der Waals surface area contributed by atoms with Crippen molar-refractivity contribution in [2.45, 2.75) is 57.9 Å². The van der Waals surface area contributed by atoms with Crippen molar-refractivity contribution in [3.63, 3.8) is 0 Å². The molecule has 1 N–H and O–H groups in total. The van der Waals surface area contributed by atoms with Crippen molar-refractivity contribution in [3.05, 3.63) is 29.3 Å². The van der Waals surface area contributed by atoms with E-state index in [0.29, 0.717) is 5.41 Å². The third kappa shape index (κ3) is 2.58. The van der Waals surface area contributed by atoms with Crippen LogP contribution in [0, 0.1) is 12.3 Å². The van der Waals surface area contributed by atoms with Crippen LogP contribution < -0.4 is 10.1 Å². The minimum absolute atomic E-state index is 0.267. The quantitative estimate of drug-likeness (QED) is 0.880. The van der Waals surface area contributed by atoms with Gasteiger partial charge in [0.1, 0.15) is 5.75 Å². The third-order valence-corrected chi connectivity index (χ3v) is 4.87. The number of nitrogens with one attached hydrogen (secondary N) is 1. The Morgan fingerprint density at radius 3 is 2.50 bits per heavy atom. The van der Waals surface area contributed by atoms with Crippen LogP contribution in [-0.4, -0.2) is 19.7 Å². The molecule has 0 bridgehead atoms. The van der Waals surface area contributed by atoms with Gasteiger partial charge < -0.3 is 10.1 Å². The second-order valence-corrected chi connectivity index (χ2v) is 7.66. The molecule has 0 saturated heterocycles. The predicted octanol–water partition coefficient (Wildman–Crippen LogP) is 3.81.